The summed E-state index contributed by atoms with van der Waals surface area (Å²) in [5.74, 6) is 0.937. The number of aliphatic hydroxyl groups excluding tert-OH is 1. The number of amides is 2. The number of benzene rings is 2. The number of nitrogens with zero attached hydrogens (tertiary/aromatic N) is 3. The van der Waals surface area contributed by atoms with Crippen molar-refractivity contribution in [3.8, 4) is 0 Å². The molecule has 4 rings (SSSR count). The first-order valence-corrected chi connectivity index (χ1v) is 14.3. The van der Waals surface area contributed by atoms with Gasteiger partial charge in [-0.15, -0.1) is 10.2 Å². The van der Waals surface area contributed by atoms with Crippen molar-refractivity contribution in [1.82, 2.24) is 25.4 Å². The lowest BCUT2D eigenvalue weighted by Gasteiger charge is -2.37. The molecule has 42 heavy (non-hydrogen) atoms. The average molecular weight is 579 g/mol. The molecule has 1 aromatic heterocycles. The summed E-state index contributed by atoms with van der Waals surface area (Å²) in [6.07, 6.45) is 3.07. The molecule has 1 unspecified atom stereocenters. The summed E-state index contributed by atoms with van der Waals surface area (Å²) in [6.45, 7) is 4.78. The quantitative estimate of drug-likeness (QED) is 0.215. The Balaban J connectivity index is 0.00000484. The van der Waals surface area contributed by atoms with Crippen molar-refractivity contribution >= 4 is 11.8 Å². The molecular weight excluding hydrogens is 532 g/mol. The Morgan fingerprint density at radius 3 is 2.38 bits per heavy atom. The molecule has 1 aliphatic rings. The predicted molar refractivity (Wildman–Crippen MR) is 162 cm³/mol. The third-order valence-corrected chi connectivity index (χ3v) is 7.48. The second kappa shape index (κ2) is 15.0. The molecule has 228 valence electrons. The van der Waals surface area contributed by atoms with Crippen molar-refractivity contribution in [1.29, 1.82) is 0 Å². The van der Waals surface area contributed by atoms with Gasteiger partial charge in [0, 0.05) is 26.1 Å². The second-order valence-corrected chi connectivity index (χ2v) is 11.4. The Morgan fingerprint density at radius 1 is 1.07 bits per heavy atom. The van der Waals surface area contributed by atoms with Crippen LogP contribution in [0.5, 0.6) is 0 Å². The van der Waals surface area contributed by atoms with Gasteiger partial charge in [0.2, 0.25) is 11.8 Å². The lowest BCUT2D eigenvalue weighted by atomic mass is 9.74. The van der Waals surface area contributed by atoms with E-state index in [2.05, 4.69) is 20.8 Å². The van der Waals surface area contributed by atoms with Crippen LogP contribution >= 0.6 is 0 Å². The van der Waals surface area contributed by atoms with Crippen LogP contribution in [0.2, 0.25) is 0 Å². The van der Waals surface area contributed by atoms with Gasteiger partial charge in [0.15, 0.2) is 5.82 Å². The molecule has 2 heterocycles. The number of rotatable bonds is 14. The van der Waals surface area contributed by atoms with Crippen molar-refractivity contribution in [3.63, 3.8) is 0 Å². The number of unbranched alkanes of at least 4 members (excludes halogenated alkanes) is 1. The van der Waals surface area contributed by atoms with E-state index in [1.165, 1.54) is 0 Å². The molecule has 2 aromatic carbocycles. The number of carbonyl (C=O) groups excluding carboxylic acids is 2. The molecule has 0 radical (unpaired) electrons. The number of carbonyl (C=O) groups is 2. The van der Waals surface area contributed by atoms with Gasteiger partial charge in [-0.25, -0.2) is 0 Å². The van der Waals surface area contributed by atoms with E-state index in [0.717, 1.165) is 17.0 Å². The third kappa shape index (κ3) is 8.47. The van der Waals surface area contributed by atoms with E-state index >= 15 is 0 Å². The highest BCUT2D eigenvalue weighted by molar-refractivity contribution is 5.85. The first-order chi connectivity index (χ1) is 19.7. The Hall–Kier alpha value is -3.60. The highest BCUT2D eigenvalue weighted by Gasteiger charge is 2.43. The van der Waals surface area contributed by atoms with Crippen LogP contribution < -0.4 is 16.4 Å². The zero-order chi connectivity index (χ0) is 29.3. The number of aliphatic hydroxyl groups is 1. The molecular formula is C32H46N6O4. The van der Waals surface area contributed by atoms with E-state index < -0.39 is 17.0 Å². The number of hydrogen-bond acceptors (Lipinski definition) is 7. The van der Waals surface area contributed by atoms with Gasteiger partial charge in [0.25, 0.3) is 0 Å². The number of hydrogen-bond donors (Lipinski definition) is 4. The molecule has 0 fully saturated rings. The molecule has 0 bridgehead atoms. The van der Waals surface area contributed by atoms with Crippen LogP contribution in [-0.2, 0) is 40.3 Å². The molecule has 3 aromatic rings. The summed E-state index contributed by atoms with van der Waals surface area (Å²) >= 11 is 0. The smallest absolute Gasteiger partial charge is 0.240 e. The second-order valence-electron chi connectivity index (χ2n) is 11.4. The monoisotopic (exact) mass is 578 g/mol. The van der Waals surface area contributed by atoms with Crippen LogP contribution in [0.15, 0.2) is 60.7 Å². The minimum atomic E-state index is -1.10. The van der Waals surface area contributed by atoms with Crippen LogP contribution in [-0.4, -0.2) is 57.0 Å². The lowest BCUT2D eigenvalue weighted by molar-refractivity contribution is -0.133. The van der Waals surface area contributed by atoms with E-state index in [4.69, 9.17) is 15.6 Å². The fraction of sp³-hybridized carbons (Fsp3) is 0.500. The number of aryl methyl sites for hydroxylation is 1. The van der Waals surface area contributed by atoms with E-state index in [1.54, 1.807) is 13.8 Å². The molecule has 0 aliphatic carbocycles. The Morgan fingerprint density at radius 2 is 1.74 bits per heavy atom. The molecule has 2 amide bonds. The van der Waals surface area contributed by atoms with Gasteiger partial charge in [-0.2, -0.15) is 0 Å². The van der Waals surface area contributed by atoms with Crippen molar-refractivity contribution in [2.24, 2.45) is 11.1 Å². The number of nitrogens with one attached hydrogen (secondary N) is 2. The van der Waals surface area contributed by atoms with Gasteiger partial charge in [0.1, 0.15) is 11.9 Å². The first-order valence-electron chi connectivity index (χ1n) is 14.3. The summed E-state index contributed by atoms with van der Waals surface area (Å²) in [5, 5.41) is 24.2. The van der Waals surface area contributed by atoms with Crippen LogP contribution in [0.25, 0.3) is 0 Å². The largest absolute Gasteiger partial charge is 0.396 e. The van der Waals surface area contributed by atoms with Gasteiger partial charge >= 0.3 is 0 Å². The Kier molecular flexibility index (Phi) is 11.8. The number of ether oxygens (including phenoxy) is 1. The maximum absolute atomic E-state index is 13.8. The summed E-state index contributed by atoms with van der Waals surface area (Å²) in [5.41, 5.74) is 6.35. The molecule has 0 saturated heterocycles. The average Bonchev–Trinajstić information content (AvgIpc) is 3.38. The van der Waals surface area contributed by atoms with Gasteiger partial charge in [-0.05, 0) is 50.7 Å². The molecule has 5 N–H and O–H groups in total. The predicted octanol–water partition coefficient (Wildman–Crippen LogP) is 3.09. The van der Waals surface area contributed by atoms with Crippen LogP contribution in [0.4, 0.5) is 0 Å². The SMILES string of the molecule is C.CC(C)(N)C(=O)N[C@H](COCc1ccccc1)c1nnc2n1CC(Cc1ccccc1)(C(=O)NCCCCO)CC2. The fourth-order valence-electron chi connectivity index (χ4n) is 5.11. The number of aromatic nitrogens is 3. The first kappa shape index (κ1) is 32.9. The van der Waals surface area contributed by atoms with E-state index in [-0.39, 0.29) is 32.5 Å². The summed E-state index contributed by atoms with van der Waals surface area (Å²) in [7, 11) is 0. The minimum Gasteiger partial charge on any atom is -0.396 e. The molecule has 10 heteroatoms. The van der Waals surface area contributed by atoms with Gasteiger partial charge in [0.05, 0.1) is 24.2 Å². The molecule has 1 aliphatic heterocycles. The summed E-state index contributed by atoms with van der Waals surface area (Å²) < 4.78 is 8.02. The van der Waals surface area contributed by atoms with Gasteiger partial charge in [-0.1, -0.05) is 68.1 Å². The molecule has 2 atom stereocenters. The normalized spacial score (nSPS) is 17.0. The minimum absolute atomic E-state index is 0. The van der Waals surface area contributed by atoms with E-state index in [0.29, 0.717) is 57.6 Å². The van der Waals surface area contributed by atoms with Gasteiger partial charge < -0.3 is 30.8 Å². The zero-order valence-corrected chi connectivity index (χ0v) is 24.0. The fourth-order valence-corrected chi connectivity index (χ4v) is 5.11. The van der Waals surface area contributed by atoms with Crippen molar-refractivity contribution in [2.45, 2.75) is 78.1 Å². The highest BCUT2D eigenvalue weighted by atomic mass is 16.5. The summed E-state index contributed by atoms with van der Waals surface area (Å²) in [6, 6.07) is 19.2. The van der Waals surface area contributed by atoms with Crippen molar-refractivity contribution in [3.05, 3.63) is 83.4 Å². The molecule has 0 spiro atoms. The molecule has 10 nitrogen and oxygen atoms in total. The Bertz CT molecular complexity index is 1280. The maximum atomic E-state index is 13.8. The highest BCUT2D eigenvalue weighted by Crippen LogP contribution is 2.37. The van der Waals surface area contributed by atoms with Crippen LogP contribution in [0, 0.1) is 5.41 Å². The zero-order valence-electron chi connectivity index (χ0n) is 24.0. The van der Waals surface area contributed by atoms with E-state index in [9.17, 15) is 9.59 Å². The van der Waals surface area contributed by atoms with Crippen LogP contribution in [0.1, 0.15) is 69.4 Å². The standard InChI is InChI=1S/C31H42N6O4.CH4/c1-30(2,32)28(39)34-25(21-41-20-24-13-7-4-8-14-24)27-36-35-26-15-16-31(22-37(26)27,19-23-11-5-3-6-12-23)29(40)33-17-9-10-18-38;/h3-8,11-14,25,38H,9-10,15-22,32H2,1-2H3,(H,33,40)(H,34,39);1H4/t25-,31?;/m1./s1. The molecule has 0 saturated carbocycles. The topological polar surface area (TPSA) is 144 Å². The lowest BCUT2D eigenvalue weighted by Crippen LogP contribution is -2.51. The number of fused-ring (bicyclic) bond motifs is 1. The van der Waals surface area contributed by atoms with Crippen molar-refractivity contribution in [2.75, 3.05) is 19.8 Å². The third-order valence-electron chi connectivity index (χ3n) is 7.48. The van der Waals surface area contributed by atoms with Gasteiger partial charge in [-0.3, -0.25) is 9.59 Å². The van der Waals surface area contributed by atoms with Crippen LogP contribution in [0.3, 0.4) is 0 Å². The van der Waals surface area contributed by atoms with E-state index in [1.807, 2.05) is 65.2 Å². The number of nitrogens with two attached hydrogens (primary N) is 1. The summed E-state index contributed by atoms with van der Waals surface area (Å²) in [4.78, 5) is 26.8. The Labute approximate surface area is 249 Å². The maximum Gasteiger partial charge on any atom is 0.240 e. The van der Waals surface area contributed by atoms with Crippen molar-refractivity contribution < 1.29 is 19.4 Å².